The summed E-state index contributed by atoms with van der Waals surface area (Å²) in [7, 11) is -3.34. The minimum absolute atomic E-state index is 0.0727. The summed E-state index contributed by atoms with van der Waals surface area (Å²) in [5.74, 6) is -0.0227. The smallest absolute Gasteiger partial charge is 0.232 e. The molecule has 1 aliphatic rings. The molecule has 0 spiro atoms. The average Bonchev–Trinajstić information content (AvgIpc) is 2.34. The van der Waals surface area contributed by atoms with Crippen molar-refractivity contribution in [2.24, 2.45) is 5.92 Å². The summed E-state index contributed by atoms with van der Waals surface area (Å²) in [6, 6.07) is 7.36. The van der Waals surface area contributed by atoms with E-state index in [1.165, 1.54) is 17.5 Å². The van der Waals surface area contributed by atoms with Crippen molar-refractivity contribution in [3.8, 4) is 0 Å². The Kier molecular flexibility index (Phi) is 4.04. The maximum Gasteiger partial charge on any atom is 0.232 e. The summed E-state index contributed by atoms with van der Waals surface area (Å²) in [6.07, 6.45) is 1.99. The highest BCUT2D eigenvalue weighted by Gasteiger charge is 2.35. The third kappa shape index (κ3) is 2.95. The zero-order valence-corrected chi connectivity index (χ0v) is 12.8. The molecule has 1 aliphatic heterocycles. The molecule has 0 radical (unpaired) electrons. The molecule has 1 aromatic rings. The quantitative estimate of drug-likeness (QED) is 0.910. The van der Waals surface area contributed by atoms with Gasteiger partial charge in [-0.05, 0) is 25.0 Å². The number of carbonyl (C=O) groups is 1. The third-order valence-corrected chi connectivity index (χ3v) is 4.98. The van der Waals surface area contributed by atoms with Crippen LogP contribution in [0.1, 0.15) is 19.4 Å². The minimum atomic E-state index is -3.34. The van der Waals surface area contributed by atoms with Crippen molar-refractivity contribution in [2.45, 2.75) is 26.3 Å². The molecular formula is C14H20N2O3S. The van der Waals surface area contributed by atoms with Gasteiger partial charge < -0.3 is 5.32 Å². The van der Waals surface area contributed by atoms with Gasteiger partial charge in [-0.15, -0.1) is 0 Å². The van der Waals surface area contributed by atoms with Crippen LogP contribution in [0.3, 0.4) is 0 Å². The molecule has 0 saturated carbocycles. The van der Waals surface area contributed by atoms with Gasteiger partial charge in [0.15, 0.2) is 0 Å². The number of rotatable bonds is 3. The molecular weight excluding hydrogens is 276 g/mol. The van der Waals surface area contributed by atoms with Crippen LogP contribution in [0.5, 0.6) is 0 Å². The standard InChI is InChI=1S/C14H20N2O3S/c1-10-13(9-15-11(2)17)8-12-6-4-5-7-14(12)16(10)20(3,18)19/h4-7,10,13H,8-9H2,1-3H3,(H,15,17)/t10-,13+/m1/s1. The molecule has 0 fully saturated rings. The zero-order valence-electron chi connectivity index (χ0n) is 12.0. The number of carbonyl (C=O) groups excluding carboxylic acids is 1. The normalized spacial score (nSPS) is 22.2. The maximum atomic E-state index is 12.1. The largest absolute Gasteiger partial charge is 0.356 e. The molecule has 1 amide bonds. The lowest BCUT2D eigenvalue weighted by Gasteiger charge is -2.40. The highest BCUT2D eigenvalue weighted by atomic mass is 32.2. The Morgan fingerprint density at radius 3 is 2.65 bits per heavy atom. The molecule has 1 aromatic carbocycles. The SMILES string of the molecule is CC(=O)NC[C@@H]1Cc2ccccc2N(S(C)(=O)=O)[C@@H]1C. The molecule has 0 unspecified atom stereocenters. The second-order valence-electron chi connectivity index (χ2n) is 5.33. The van der Waals surface area contributed by atoms with Gasteiger partial charge in [0.1, 0.15) is 0 Å². The lowest BCUT2D eigenvalue weighted by Crippen LogP contribution is -2.49. The number of sulfonamides is 1. The molecule has 0 aliphatic carbocycles. The number of anilines is 1. The van der Waals surface area contributed by atoms with Crippen molar-refractivity contribution in [3.05, 3.63) is 29.8 Å². The van der Waals surface area contributed by atoms with Crippen molar-refractivity contribution < 1.29 is 13.2 Å². The summed E-state index contributed by atoms with van der Waals surface area (Å²) in [4.78, 5) is 11.1. The summed E-state index contributed by atoms with van der Waals surface area (Å²) in [6.45, 7) is 3.84. The van der Waals surface area contributed by atoms with Crippen molar-refractivity contribution >= 4 is 21.6 Å². The molecule has 0 saturated heterocycles. The molecule has 6 heteroatoms. The van der Waals surface area contributed by atoms with E-state index in [1.807, 2.05) is 31.2 Å². The van der Waals surface area contributed by atoms with Crippen molar-refractivity contribution in [2.75, 3.05) is 17.1 Å². The Bertz CT molecular complexity index is 613. The Morgan fingerprint density at radius 1 is 1.40 bits per heavy atom. The fourth-order valence-corrected chi connectivity index (χ4v) is 4.07. The number of nitrogens with one attached hydrogen (secondary N) is 1. The Hall–Kier alpha value is -1.56. The van der Waals surface area contributed by atoms with Gasteiger partial charge in [0, 0.05) is 25.4 Å². The number of fused-ring (bicyclic) bond motifs is 1. The lowest BCUT2D eigenvalue weighted by molar-refractivity contribution is -0.119. The van der Waals surface area contributed by atoms with Gasteiger partial charge in [-0.2, -0.15) is 0 Å². The van der Waals surface area contributed by atoms with Crippen LogP contribution in [0.25, 0.3) is 0 Å². The maximum absolute atomic E-state index is 12.1. The molecule has 1 heterocycles. The first-order valence-corrected chi connectivity index (χ1v) is 8.47. The number of amides is 1. The van der Waals surface area contributed by atoms with Crippen LogP contribution in [-0.4, -0.2) is 33.2 Å². The molecule has 0 aromatic heterocycles. The van der Waals surface area contributed by atoms with Crippen molar-refractivity contribution in [1.29, 1.82) is 0 Å². The van der Waals surface area contributed by atoms with Gasteiger partial charge in [-0.25, -0.2) is 8.42 Å². The van der Waals surface area contributed by atoms with E-state index in [0.717, 1.165) is 17.7 Å². The topological polar surface area (TPSA) is 66.5 Å². The highest BCUT2D eigenvalue weighted by Crippen LogP contribution is 2.35. The first-order valence-electron chi connectivity index (χ1n) is 6.62. The second-order valence-corrected chi connectivity index (χ2v) is 7.19. The van der Waals surface area contributed by atoms with E-state index in [0.29, 0.717) is 6.54 Å². The van der Waals surface area contributed by atoms with Gasteiger partial charge in [0.25, 0.3) is 0 Å². The summed E-state index contributed by atoms with van der Waals surface area (Å²) in [5.41, 5.74) is 1.76. The van der Waals surface area contributed by atoms with E-state index in [4.69, 9.17) is 0 Å². The molecule has 2 atom stereocenters. The Balaban J connectivity index is 2.38. The van der Waals surface area contributed by atoms with E-state index >= 15 is 0 Å². The van der Waals surface area contributed by atoms with Crippen molar-refractivity contribution in [1.82, 2.24) is 5.32 Å². The third-order valence-electron chi connectivity index (χ3n) is 3.73. The van der Waals surface area contributed by atoms with Crippen LogP contribution in [0.4, 0.5) is 5.69 Å². The van der Waals surface area contributed by atoms with Crippen LogP contribution in [0, 0.1) is 5.92 Å². The molecule has 110 valence electrons. The second kappa shape index (κ2) is 5.44. The lowest BCUT2D eigenvalue weighted by atomic mass is 9.88. The van der Waals surface area contributed by atoms with Crippen LogP contribution >= 0.6 is 0 Å². The minimum Gasteiger partial charge on any atom is -0.356 e. The molecule has 2 rings (SSSR count). The van der Waals surface area contributed by atoms with E-state index in [9.17, 15) is 13.2 Å². The molecule has 1 N–H and O–H groups in total. The van der Waals surface area contributed by atoms with Gasteiger partial charge >= 0.3 is 0 Å². The molecule has 5 nitrogen and oxygen atoms in total. The monoisotopic (exact) mass is 296 g/mol. The number of benzene rings is 1. The first-order chi connectivity index (χ1) is 9.30. The van der Waals surface area contributed by atoms with Gasteiger partial charge in [0.05, 0.1) is 11.9 Å². The Labute approximate surface area is 120 Å². The van der Waals surface area contributed by atoms with Gasteiger partial charge in [-0.1, -0.05) is 18.2 Å². The summed E-state index contributed by atoms with van der Waals surface area (Å²) < 4.78 is 25.6. The predicted octanol–water partition coefficient (Wildman–Crippen LogP) is 1.15. The number of para-hydroxylation sites is 1. The van der Waals surface area contributed by atoms with E-state index in [2.05, 4.69) is 5.32 Å². The Morgan fingerprint density at radius 2 is 2.05 bits per heavy atom. The first kappa shape index (κ1) is 14.8. The molecule has 20 heavy (non-hydrogen) atoms. The number of hydrogen-bond donors (Lipinski definition) is 1. The van der Waals surface area contributed by atoms with E-state index in [-0.39, 0.29) is 17.9 Å². The van der Waals surface area contributed by atoms with Crippen LogP contribution in [0.2, 0.25) is 0 Å². The fraction of sp³-hybridized carbons (Fsp3) is 0.500. The number of nitrogens with zero attached hydrogens (tertiary/aromatic N) is 1. The van der Waals surface area contributed by atoms with Gasteiger partial charge in [-0.3, -0.25) is 9.10 Å². The summed E-state index contributed by atoms with van der Waals surface area (Å²) in [5, 5.41) is 2.79. The fourth-order valence-electron chi connectivity index (χ4n) is 2.76. The number of hydrogen-bond acceptors (Lipinski definition) is 3. The van der Waals surface area contributed by atoms with Crippen LogP contribution in [0.15, 0.2) is 24.3 Å². The van der Waals surface area contributed by atoms with E-state index in [1.54, 1.807) is 0 Å². The van der Waals surface area contributed by atoms with Gasteiger partial charge in [0.2, 0.25) is 15.9 Å². The van der Waals surface area contributed by atoms with Crippen LogP contribution in [-0.2, 0) is 21.2 Å². The van der Waals surface area contributed by atoms with Crippen molar-refractivity contribution in [3.63, 3.8) is 0 Å². The summed E-state index contributed by atoms with van der Waals surface area (Å²) >= 11 is 0. The average molecular weight is 296 g/mol. The predicted molar refractivity (Wildman–Crippen MR) is 79.1 cm³/mol. The molecule has 0 bridgehead atoms. The highest BCUT2D eigenvalue weighted by molar-refractivity contribution is 7.92. The zero-order chi connectivity index (χ0) is 14.9. The van der Waals surface area contributed by atoms with E-state index < -0.39 is 10.0 Å². The van der Waals surface area contributed by atoms with Crippen LogP contribution < -0.4 is 9.62 Å².